The number of nitrogens with zero attached hydrogens (tertiary/aromatic N) is 2. The Bertz CT molecular complexity index is 684. The highest BCUT2D eigenvalue weighted by molar-refractivity contribution is 7.80. The molecule has 2 rings (SSSR count). The summed E-state index contributed by atoms with van der Waals surface area (Å²) in [4.78, 5) is 15.3. The number of carbonyl (C=O) groups is 1. The molecule has 2 aromatic rings. The second-order valence-electron chi connectivity index (χ2n) is 3.64. The number of thiocarbonyl (C=S) groups is 1. The molecule has 19 heavy (non-hydrogen) atoms. The molecule has 0 fully saturated rings. The van der Waals surface area contributed by atoms with Crippen molar-refractivity contribution < 1.29 is 9.90 Å². The summed E-state index contributed by atoms with van der Waals surface area (Å²) in [7, 11) is 0. The third-order valence-corrected chi connectivity index (χ3v) is 2.52. The lowest BCUT2D eigenvalue weighted by Gasteiger charge is -2.04. The first-order chi connectivity index (χ1) is 9.09. The third kappa shape index (κ3) is 2.83. The summed E-state index contributed by atoms with van der Waals surface area (Å²) in [5.41, 5.74) is 8.41. The topological polar surface area (TPSA) is 101 Å². The molecular weight excluding hydrogens is 264 g/mol. The SMILES string of the molecule is NC(=S)NN=Cc1nccc2c(C(=O)O)cccc12. The van der Waals surface area contributed by atoms with Gasteiger partial charge in [-0.1, -0.05) is 12.1 Å². The van der Waals surface area contributed by atoms with Crippen LogP contribution in [-0.2, 0) is 0 Å². The van der Waals surface area contributed by atoms with Gasteiger partial charge in [0.25, 0.3) is 0 Å². The molecule has 0 amide bonds. The standard InChI is InChI=1S/C12H10N4O2S/c13-12(19)16-15-6-10-8-2-1-3-9(11(17)18)7(8)4-5-14-10/h1-6H,(H,17,18)(H3,13,16,19). The fourth-order valence-corrected chi connectivity index (χ4v) is 1.73. The summed E-state index contributed by atoms with van der Waals surface area (Å²) < 4.78 is 0. The highest BCUT2D eigenvalue weighted by Crippen LogP contribution is 2.20. The van der Waals surface area contributed by atoms with Gasteiger partial charge >= 0.3 is 5.97 Å². The molecule has 1 aromatic heterocycles. The van der Waals surface area contributed by atoms with Crippen LogP contribution in [0.2, 0.25) is 0 Å². The van der Waals surface area contributed by atoms with Gasteiger partial charge < -0.3 is 10.8 Å². The Hall–Kier alpha value is -2.54. The van der Waals surface area contributed by atoms with Crippen LogP contribution >= 0.6 is 12.2 Å². The summed E-state index contributed by atoms with van der Waals surface area (Å²) in [6.07, 6.45) is 2.96. The van der Waals surface area contributed by atoms with Crippen LogP contribution in [-0.4, -0.2) is 27.4 Å². The number of hydrazone groups is 1. The maximum Gasteiger partial charge on any atom is 0.336 e. The Labute approximate surface area is 113 Å². The molecule has 0 saturated heterocycles. The summed E-state index contributed by atoms with van der Waals surface area (Å²) in [6, 6.07) is 6.62. The minimum Gasteiger partial charge on any atom is -0.478 e. The predicted octanol–water partition coefficient (Wildman–Crippen LogP) is 1.10. The fourth-order valence-electron chi connectivity index (χ4n) is 1.68. The van der Waals surface area contributed by atoms with Crippen molar-refractivity contribution in [1.29, 1.82) is 0 Å². The van der Waals surface area contributed by atoms with Gasteiger partial charge in [0.15, 0.2) is 5.11 Å². The molecule has 0 atom stereocenters. The van der Waals surface area contributed by atoms with E-state index in [0.717, 1.165) is 0 Å². The zero-order chi connectivity index (χ0) is 13.8. The quantitative estimate of drug-likeness (QED) is 0.440. The largest absolute Gasteiger partial charge is 0.478 e. The number of nitrogens with one attached hydrogen (secondary N) is 1. The number of aromatic carboxylic acids is 1. The normalized spacial score (nSPS) is 10.7. The van der Waals surface area contributed by atoms with Crippen molar-refractivity contribution in [2.24, 2.45) is 10.8 Å². The summed E-state index contributed by atoms with van der Waals surface area (Å²) in [5, 5.41) is 14.3. The Kier molecular flexibility index (Phi) is 3.67. The average Bonchev–Trinajstić information content (AvgIpc) is 2.37. The van der Waals surface area contributed by atoms with Gasteiger partial charge in [-0.25, -0.2) is 4.79 Å². The maximum absolute atomic E-state index is 11.1. The van der Waals surface area contributed by atoms with Crippen molar-refractivity contribution in [2.45, 2.75) is 0 Å². The number of rotatable bonds is 3. The molecular formula is C12H10N4O2S. The number of hydrogen-bond donors (Lipinski definition) is 3. The summed E-state index contributed by atoms with van der Waals surface area (Å²) in [5.74, 6) is -0.985. The van der Waals surface area contributed by atoms with Crippen LogP contribution in [0.15, 0.2) is 35.6 Å². The Morgan fingerprint density at radius 2 is 2.21 bits per heavy atom. The van der Waals surface area contributed by atoms with Gasteiger partial charge in [0.05, 0.1) is 17.5 Å². The molecule has 1 heterocycles. The van der Waals surface area contributed by atoms with Gasteiger partial charge in [-0.15, -0.1) is 0 Å². The summed E-state index contributed by atoms with van der Waals surface area (Å²) >= 11 is 4.62. The van der Waals surface area contributed by atoms with E-state index in [0.29, 0.717) is 16.5 Å². The third-order valence-electron chi connectivity index (χ3n) is 2.43. The fraction of sp³-hybridized carbons (Fsp3) is 0. The zero-order valence-corrected chi connectivity index (χ0v) is 10.5. The second-order valence-corrected chi connectivity index (χ2v) is 4.08. The van der Waals surface area contributed by atoms with E-state index in [2.05, 4.69) is 27.7 Å². The highest BCUT2D eigenvalue weighted by Gasteiger charge is 2.09. The Morgan fingerprint density at radius 3 is 2.89 bits per heavy atom. The van der Waals surface area contributed by atoms with E-state index < -0.39 is 5.97 Å². The molecule has 0 aliphatic carbocycles. The second kappa shape index (κ2) is 5.40. The van der Waals surface area contributed by atoms with Crippen LogP contribution in [0.4, 0.5) is 0 Å². The van der Waals surface area contributed by atoms with E-state index in [4.69, 9.17) is 10.8 Å². The number of hydrogen-bond acceptors (Lipinski definition) is 4. The highest BCUT2D eigenvalue weighted by atomic mass is 32.1. The zero-order valence-electron chi connectivity index (χ0n) is 9.70. The number of fused-ring (bicyclic) bond motifs is 1. The predicted molar refractivity (Wildman–Crippen MR) is 76.2 cm³/mol. The minimum atomic E-state index is -0.985. The maximum atomic E-state index is 11.1. The molecule has 96 valence electrons. The van der Waals surface area contributed by atoms with E-state index in [1.54, 1.807) is 24.3 Å². The molecule has 1 aromatic carbocycles. The molecule has 0 bridgehead atoms. The monoisotopic (exact) mass is 274 g/mol. The van der Waals surface area contributed by atoms with E-state index in [-0.39, 0.29) is 10.7 Å². The number of carboxylic acid groups (broad SMARTS) is 1. The van der Waals surface area contributed by atoms with Gasteiger partial charge in [0.2, 0.25) is 0 Å². The van der Waals surface area contributed by atoms with Crippen molar-refractivity contribution in [3.05, 3.63) is 41.7 Å². The molecule has 0 radical (unpaired) electrons. The van der Waals surface area contributed by atoms with E-state index in [1.807, 2.05) is 0 Å². The van der Waals surface area contributed by atoms with Gasteiger partial charge in [0.1, 0.15) is 0 Å². The minimum absolute atomic E-state index is 0.0442. The molecule has 0 aliphatic rings. The van der Waals surface area contributed by atoms with Gasteiger partial charge in [-0.2, -0.15) is 5.10 Å². The molecule has 0 spiro atoms. The molecule has 7 heteroatoms. The summed E-state index contributed by atoms with van der Waals surface area (Å²) in [6.45, 7) is 0. The molecule has 6 nitrogen and oxygen atoms in total. The van der Waals surface area contributed by atoms with Gasteiger partial charge in [0, 0.05) is 11.6 Å². The Morgan fingerprint density at radius 1 is 1.42 bits per heavy atom. The van der Waals surface area contributed by atoms with Crippen molar-refractivity contribution in [3.8, 4) is 0 Å². The van der Waals surface area contributed by atoms with Crippen LogP contribution in [0.3, 0.4) is 0 Å². The first-order valence-corrected chi connectivity index (χ1v) is 5.70. The number of nitrogens with two attached hydrogens (primary N) is 1. The number of pyridine rings is 1. The van der Waals surface area contributed by atoms with Gasteiger partial charge in [-0.05, 0) is 29.7 Å². The van der Waals surface area contributed by atoms with Gasteiger partial charge in [-0.3, -0.25) is 10.4 Å². The first-order valence-electron chi connectivity index (χ1n) is 5.29. The molecule has 4 N–H and O–H groups in total. The van der Waals surface area contributed by atoms with Crippen molar-refractivity contribution in [2.75, 3.05) is 0 Å². The lowest BCUT2D eigenvalue weighted by molar-refractivity contribution is 0.0699. The van der Waals surface area contributed by atoms with Crippen LogP contribution in [0.1, 0.15) is 16.1 Å². The van der Waals surface area contributed by atoms with Crippen LogP contribution < -0.4 is 11.2 Å². The van der Waals surface area contributed by atoms with Crippen LogP contribution in [0.5, 0.6) is 0 Å². The van der Waals surface area contributed by atoms with Crippen LogP contribution in [0.25, 0.3) is 10.8 Å². The molecule has 0 unspecified atom stereocenters. The van der Waals surface area contributed by atoms with E-state index >= 15 is 0 Å². The smallest absolute Gasteiger partial charge is 0.336 e. The van der Waals surface area contributed by atoms with Crippen LogP contribution in [0, 0.1) is 0 Å². The number of carboxylic acids is 1. The van der Waals surface area contributed by atoms with E-state index in [1.165, 1.54) is 12.4 Å². The van der Waals surface area contributed by atoms with E-state index in [9.17, 15) is 4.79 Å². The molecule has 0 saturated carbocycles. The Balaban J connectivity index is 2.52. The van der Waals surface area contributed by atoms with Crippen molar-refractivity contribution in [1.82, 2.24) is 10.4 Å². The first kappa shape index (κ1) is 12.9. The molecule has 0 aliphatic heterocycles. The average molecular weight is 274 g/mol. The number of aromatic nitrogens is 1. The van der Waals surface area contributed by atoms with Crippen molar-refractivity contribution >= 4 is 40.3 Å². The number of benzene rings is 1. The lowest BCUT2D eigenvalue weighted by Crippen LogP contribution is -2.24. The van der Waals surface area contributed by atoms with Crippen molar-refractivity contribution in [3.63, 3.8) is 0 Å². The lowest BCUT2D eigenvalue weighted by atomic mass is 10.0.